The molecule has 4 unspecified atom stereocenters. The van der Waals surface area contributed by atoms with Crippen molar-refractivity contribution in [2.75, 3.05) is 92.8 Å². The van der Waals surface area contributed by atoms with Crippen molar-refractivity contribution in [3.8, 4) is 0 Å². The molecule has 0 radical (unpaired) electrons. The molecule has 6 atom stereocenters. The van der Waals surface area contributed by atoms with E-state index in [9.17, 15) is 76.7 Å². The van der Waals surface area contributed by atoms with E-state index in [2.05, 4.69) is 83.9 Å². The van der Waals surface area contributed by atoms with Gasteiger partial charge in [0.15, 0.2) is 0 Å². The molecule has 16 amide bonds. The highest BCUT2D eigenvalue weighted by atomic mass is 16.5. The molecular formula is C70H124N20O18. The number of nitrogens with two attached hydrogens (primary N) is 4. The zero-order chi connectivity index (χ0) is 79.8. The molecule has 38 nitrogen and oxygen atoms in total. The minimum atomic E-state index is -0.987. The molecule has 4 fully saturated rings. The van der Waals surface area contributed by atoms with Crippen molar-refractivity contribution < 1.29 is 86.2 Å². The number of ether oxygens (including phenoxy) is 2. The molecule has 0 spiro atoms. The molecule has 612 valence electrons. The van der Waals surface area contributed by atoms with Crippen molar-refractivity contribution in [2.45, 2.75) is 254 Å². The molecule has 4 rings (SSSR count). The lowest BCUT2D eigenvalue weighted by Crippen LogP contribution is -2.49. The van der Waals surface area contributed by atoms with E-state index < -0.39 is 138 Å². The summed E-state index contributed by atoms with van der Waals surface area (Å²) in [6.07, 6.45) is 15.9. The molecule has 108 heavy (non-hydrogen) atoms. The summed E-state index contributed by atoms with van der Waals surface area (Å²) < 4.78 is 9.14. The van der Waals surface area contributed by atoms with Gasteiger partial charge in [-0.1, -0.05) is 0 Å². The lowest BCUT2D eigenvalue weighted by molar-refractivity contribution is -0.139. The molecule has 0 heterocycles. The van der Waals surface area contributed by atoms with Crippen molar-refractivity contribution in [3.63, 3.8) is 0 Å². The zero-order valence-electron chi connectivity index (χ0n) is 63.6. The van der Waals surface area contributed by atoms with Gasteiger partial charge >= 0.3 is 12.2 Å². The summed E-state index contributed by atoms with van der Waals surface area (Å²) in [5.74, 6) is -6.27. The molecule has 38 heteroatoms. The van der Waals surface area contributed by atoms with Crippen LogP contribution in [-0.2, 0) is 76.6 Å². The number of nitrogens with one attached hydrogen (secondary N) is 14. The van der Waals surface area contributed by atoms with Crippen molar-refractivity contribution in [1.82, 2.24) is 84.2 Å². The first kappa shape index (κ1) is 93.2. The van der Waals surface area contributed by atoms with Gasteiger partial charge in [-0.05, 0) is 167 Å². The van der Waals surface area contributed by atoms with Crippen LogP contribution in [0.25, 0.3) is 0 Å². The molecule has 0 saturated heterocycles. The number of amides is 16. The molecule has 0 aromatic rings. The van der Waals surface area contributed by atoms with Gasteiger partial charge in [0.1, 0.15) is 38.3 Å². The van der Waals surface area contributed by atoms with Gasteiger partial charge in [-0.2, -0.15) is 0 Å². The van der Waals surface area contributed by atoms with Crippen LogP contribution in [0.15, 0.2) is 0 Å². The SMILES string of the molecule is CC(=O)NCCCC[C@H](NC(C)=O)C(=O)NCCC(=O)N(CC(=O)NCCCCC(NC1CC1)C(N)=O)CC(=O)NCCCCC(NC1CC1)C(N)=O.COC(=O)NCCCC[C@H](NC(=O)OC)C(=O)NCCC(=O)N(CC(=O)NCCCCC(NC1CC1)C(N)=O)CC(=O)NCCCCC(NC1CC1)C(N)=O. The number of methoxy groups -OCH3 is 2. The van der Waals surface area contributed by atoms with E-state index in [1.54, 1.807) is 0 Å². The van der Waals surface area contributed by atoms with Gasteiger partial charge in [0, 0.05) is 103 Å². The maximum atomic E-state index is 13.3. The van der Waals surface area contributed by atoms with E-state index in [0.717, 1.165) is 68.3 Å². The second kappa shape index (κ2) is 53.7. The molecular weight excluding hydrogens is 1410 g/mol. The van der Waals surface area contributed by atoms with Crippen molar-refractivity contribution in [2.24, 2.45) is 22.9 Å². The van der Waals surface area contributed by atoms with E-state index in [0.29, 0.717) is 160 Å². The average Bonchev–Trinajstić information content (AvgIpc) is 1.69. The lowest BCUT2D eigenvalue weighted by Gasteiger charge is -2.23. The Kier molecular flexibility index (Phi) is 46.3. The largest absolute Gasteiger partial charge is 0.453 e. The fourth-order valence-electron chi connectivity index (χ4n) is 11.2. The highest BCUT2D eigenvalue weighted by Crippen LogP contribution is 2.23. The van der Waals surface area contributed by atoms with Crippen LogP contribution in [0.1, 0.15) is 194 Å². The molecule has 0 aromatic carbocycles. The van der Waals surface area contributed by atoms with Gasteiger partial charge in [-0.3, -0.25) is 67.1 Å². The van der Waals surface area contributed by atoms with Gasteiger partial charge < -0.3 is 117 Å². The number of rotatable bonds is 60. The highest BCUT2D eigenvalue weighted by Gasteiger charge is 2.32. The van der Waals surface area contributed by atoms with E-state index in [4.69, 9.17) is 22.9 Å². The first-order valence-corrected chi connectivity index (χ1v) is 38.1. The summed E-state index contributed by atoms with van der Waals surface area (Å²) >= 11 is 0. The molecule has 0 bridgehead atoms. The van der Waals surface area contributed by atoms with Gasteiger partial charge in [-0.25, -0.2) is 9.59 Å². The third-order valence-corrected chi connectivity index (χ3v) is 17.9. The Morgan fingerprint density at radius 3 is 0.824 bits per heavy atom. The second-order valence-electron chi connectivity index (χ2n) is 27.9. The summed E-state index contributed by atoms with van der Waals surface area (Å²) in [5.41, 5.74) is 22.0. The molecule has 4 aliphatic rings. The fraction of sp³-hybridized carbons (Fsp3) is 0.771. The number of carbonyl (C=O) groups is 16. The number of primary amides is 4. The van der Waals surface area contributed by atoms with Crippen LogP contribution < -0.4 is 97.4 Å². The Bertz CT molecular complexity index is 2790. The third kappa shape index (κ3) is 46.2. The predicted molar refractivity (Wildman–Crippen MR) is 396 cm³/mol. The van der Waals surface area contributed by atoms with Crippen LogP contribution in [0.2, 0.25) is 0 Å². The molecule has 4 aliphatic carbocycles. The highest BCUT2D eigenvalue weighted by molar-refractivity contribution is 5.92. The number of hydrogen-bond acceptors (Lipinski definition) is 22. The smallest absolute Gasteiger partial charge is 0.407 e. The maximum absolute atomic E-state index is 13.3. The predicted octanol–water partition coefficient (Wildman–Crippen LogP) is -3.73. The number of nitrogens with zero attached hydrogens (tertiary/aromatic N) is 2. The topological polar surface area (TPSA) is 571 Å². The number of alkyl carbamates (subject to hydrolysis) is 2. The van der Waals surface area contributed by atoms with Gasteiger partial charge in [-0.15, -0.1) is 0 Å². The van der Waals surface area contributed by atoms with Crippen molar-refractivity contribution in [3.05, 3.63) is 0 Å². The molecule has 4 saturated carbocycles. The standard InChI is InChI=1S/C35H62N10O10.C35H62N10O8/c1-54-34(52)41-19-8-5-11-27(44-35(53)55-2)33(51)40-20-16-30(48)45(21-28(46)38-17-6-3-9-25(31(36)49)42-23-12-13-23)22-29(47)39-18-7-4-10-26(32(37)50)43-24-14-15-24;1-23(46)38-17-6-5-11-29(42-24(2)47)35(53)41-20-16-32(50)45(21-30(48)39-18-7-3-9-27(33(36)51)43-25-12-13-25)22-31(49)40-19-8-4-10-28(34(37)52)44-26-14-15-26/h23-27,42-43H,3-22H2,1-2H3,(H2,36,49)(H2,37,50)(H,38,46)(H,39,47)(H,40,51)(H,41,52)(H,44,53);25-29,43-44H,3-22H2,1-2H3,(H2,36,51)(H2,37,52)(H,38,46)(H,39,48)(H,40,49)(H,41,53)(H,42,47)/t25?,26?,27-;27?,28?,29-/m00/s1. The van der Waals surface area contributed by atoms with Crippen LogP contribution in [0.5, 0.6) is 0 Å². The monoisotopic (exact) mass is 1530 g/mol. The first-order valence-electron chi connectivity index (χ1n) is 38.1. The van der Waals surface area contributed by atoms with Crippen LogP contribution in [0, 0.1) is 0 Å². The number of carbonyl (C=O) groups excluding carboxylic acids is 16. The van der Waals surface area contributed by atoms with Gasteiger partial charge in [0.05, 0.1) is 38.4 Å². The van der Waals surface area contributed by atoms with E-state index in [-0.39, 0.29) is 64.4 Å². The zero-order valence-corrected chi connectivity index (χ0v) is 63.6. The van der Waals surface area contributed by atoms with E-state index in [1.165, 1.54) is 21.0 Å². The minimum absolute atomic E-state index is 0.0920. The van der Waals surface area contributed by atoms with E-state index in [1.807, 2.05) is 0 Å². The Morgan fingerprint density at radius 2 is 0.574 bits per heavy atom. The van der Waals surface area contributed by atoms with Crippen LogP contribution in [-0.4, -0.2) is 258 Å². The minimum Gasteiger partial charge on any atom is -0.453 e. The third-order valence-electron chi connectivity index (χ3n) is 17.9. The Labute approximate surface area is 632 Å². The van der Waals surface area contributed by atoms with Crippen LogP contribution in [0.3, 0.4) is 0 Å². The summed E-state index contributed by atoms with van der Waals surface area (Å²) in [6, 6.07) is -2.22. The Balaban J connectivity index is 0.000000561. The van der Waals surface area contributed by atoms with Crippen molar-refractivity contribution >= 4 is 94.9 Å². The summed E-state index contributed by atoms with van der Waals surface area (Å²) in [6.45, 7) is 2.79. The average molecular weight is 1530 g/mol. The molecule has 0 aromatic heterocycles. The molecule has 0 aliphatic heterocycles. The second-order valence-corrected chi connectivity index (χ2v) is 27.9. The Morgan fingerprint density at radius 1 is 0.315 bits per heavy atom. The summed E-state index contributed by atoms with van der Waals surface area (Å²) in [5, 5.41) is 39.4. The maximum Gasteiger partial charge on any atom is 0.407 e. The van der Waals surface area contributed by atoms with E-state index >= 15 is 0 Å². The Hall–Kier alpha value is -9.04. The van der Waals surface area contributed by atoms with Crippen LogP contribution in [0.4, 0.5) is 9.59 Å². The van der Waals surface area contributed by atoms with Gasteiger partial charge in [0.25, 0.3) is 0 Å². The summed E-state index contributed by atoms with van der Waals surface area (Å²) in [4.78, 5) is 199. The lowest BCUT2D eigenvalue weighted by atomic mass is 10.1. The number of hydrogen-bond donors (Lipinski definition) is 18. The normalized spacial score (nSPS) is 15.1. The molecule has 22 N–H and O–H groups in total. The number of unbranched alkanes of at least 4 members (excludes halogenated alkanes) is 6. The summed E-state index contributed by atoms with van der Waals surface area (Å²) in [7, 11) is 2.40. The van der Waals surface area contributed by atoms with Crippen LogP contribution >= 0.6 is 0 Å². The fourth-order valence-corrected chi connectivity index (χ4v) is 11.2. The first-order chi connectivity index (χ1) is 51.6. The quantitative estimate of drug-likeness (QED) is 0.0260. The van der Waals surface area contributed by atoms with Crippen molar-refractivity contribution in [1.29, 1.82) is 0 Å². The van der Waals surface area contributed by atoms with Gasteiger partial charge in [0.2, 0.25) is 82.7 Å².